The topological polar surface area (TPSA) is 69.6 Å². The molecule has 4 heteroatoms. The number of carboxylic acids is 1. The van der Waals surface area contributed by atoms with Gasteiger partial charge in [-0.1, -0.05) is 6.92 Å². The fourth-order valence-corrected chi connectivity index (χ4v) is 2.84. The molecule has 2 fully saturated rings. The van der Waals surface area contributed by atoms with E-state index in [1.165, 1.54) is 0 Å². The molecule has 17 heavy (non-hydrogen) atoms. The van der Waals surface area contributed by atoms with Gasteiger partial charge in [-0.2, -0.15) is 0 Å². The van der Waals surface area contributed by atoms with E-state index in [9.17, 15) is 9.90 Å². The molecule has 0 bridgehead atoms. The maximum atomic E-state index is 10.9. The Kier molecular flexibility index (Phi) is 3.73. The largest absolute Gasteiger partial charge is 0.481 e. The van der Waals surface area contributed by atoms with Gasteiger partial charge in [0.2, 0.25) is 0 Å². The quantitative estimate of drug-likeness (QED) is 0.695. The Hall–Kier alpha value is -0.610. The fraction of sp³-hybridized carbons (Fsp3) is 0.923. The van der Waals surface area contributed by atoms with Crippen LogP contribution < -0.4 is 5.32 Å². The van der Waals surface area contributed by atoms with E-state index in [0.717, 1.165) is 38.5 Å². The summed E-state index contributed by atoms with van der Waals surface area (Å²) in [4.78, 5) is 10.9. The van der Waals surface area contributed by atoms with Crippen molar-refractivity contribution in [2.24, 2.45) is 11.8 Å². The number of carbonyl (C=O) groups is 1. The lowest BCUT2D eigenvalue weighted by atomic mass is 9.77. The lowest BCUT2D eigenvalue weighted by molar-refractivity contribution is -0.146. The molecule has 2 aliphatic carbocycles. The summed E-state index contributed by atoms with van der Waals surface area (Å²) in [6.45, 7) is 2.77. The Morgan fingerprint density at radius 2 is 1.94 bits per heavy atom. The molecule has 0 radical (unpaired) electrons. The molecule has 2 saturated carbocycles. The van der Waals surface area contributed by atoms with Gasteiger partial charge in [0.25, 0.3) is 0 Å². The summed E-state index contributed by atoms with van der Waals surface area (Å²) in [5, 5.41) is 22.6. The zero-order chi connectivity index (χ0) is 12.5. The van der Waals surface area contributed by atoms with Gasteiger partial charge in [-0.3, -0.25) is 4.79 Å². The molecule has 2 aliphatic rings. The van der Waals surface area contributed by atoms with Gasteiger partial charge >= 0.3 is 5.97 Å². The van der Waals surface area contributed by atoms with Crippen LogP contribution in [0.3, 0.4) is 0 Å². The molecule has 3 N–H and O–H groups in total. The highest BCUT2D eigenvalue weighted by Gasteiger charge is 2.39. The Morgan fingerprint density at radius 3 is 2.41 bits per heavy atom. The summed E-state index contributed by atoms with van der Waals surface area (Å²) < 4.78 is 0. The van der Waals surface area contributed by atoms with Gasteiger partial charge in [0.15, 0.2) is 0 Å². The van der Waals surface area contributed by atoms with E-state index < -0.39 is 11.6 Å². The zero-order valence-electron chi connectivity index (χ0n) is 10.5. The number of rotatable bonds is 4. The van der Waals surface area contributed by atoms with Gasteiger partial charge < -0.3 is 15.5 Å². The molecule has 2 atom stereocenters. The summed E-state index contributed by atoms with van der Waals surface area (Å²) in [6, 6.07) is 0.0656. The molecule has 0 heterocycles. The summed E-state index contributed by atoms with van der Waals surface area (Å²) in [6.07, 6.45) is 5.51. The Morgan fingerprint density at radius 1 is 1.29 bits per heavy atom. The lowest BCUT2D eigenvalue weighted by Crippen LogP contribution is -2.53. The van der Waals surface area contributed by atoms with Gasteiger partial charge in [0, 0.05) is 12.6 Å². The average molecular weight is 241 g/mol. The molecule has 0 aromatic carbocycles. The van der Waals surface area contributed by atoms with Gasteiger partial charge in [-0.05, 0) is 44.4 Å². The van der Waals surface area contributed by atoms with E-state index in [1.807, 2.05) is 0 Å². The number of carboxylic acid groups (broad SMARTS) is 1. The molecule has 2 unspecified atom stereocenters. The molecular weight excluding hydrogens is 218 g/mol. The molecule has 0 saturated heterocycles. The maximum Gasteiger partial charge on any atom is 0.308 e. The third kappa shape index (κ3) is 2.99. The first-order valence-corrected chi connectivity index (χ1v) is 6.69. The van der Waals surface area contributed by atoms with Crippen LogP contribution in [0, 0.1) is 11.8 Å². The van der Waals surface area contributed by atoms with E-state index in [4.69, 9.17) is 5.11 Å². The Balaban J connectivity index is 1.76. The van der Waals surface area contributed by atoms with Crippen LogP contribution in [0.25, 0.3) is 0 Å². The predicted molar refractivity (Wildman–Crippen MR) is 64.7 cm³/mol. The van der Waals surface area contributed by atoms with Crippen LogP contribution >= 0.6 is 0 Å². The third-order valence-corrected chi connectivity index (χ3v) is 4.49. The molecule has 0 aromatic rings. The first-order valence-electron chi connectivity index (χ1n) is 6.69. The van der Waals surface area contributed by atoms with Crippen LogP contribution in [0.4, 0.5) is 0 Å². The van der Waals surface area contributed by atoms with Crippen LogP contribution in [0.2, 0.25) is 0 Å². The SMILES string of the molecule is CC1CCC(O)(CNC2CCC2C(=O)O)CC1. The number of aliphatic hydroxyl groups is 1. The predicted octanol–water partition coefficient (Wildman–Crippen LogP) is 1.38. The smallest absolute Gasteiger partial charge is 0.308 e. The highest BCUT2D eigenvalue weighted by molar-refractivity contribution is 5.72. The first-order chi connectivity index (χ1) is 8.00. The monoisotopic (exact) mass is 241 g/mol. The summed E-state index contributed by atoms with van der Waals surface area (Å²) >= 11 is 0. The molecule has 0 aromatic heterocycles. The van der Waals surface area contributed by atoms with Crippen LogP contribution in [0.15, 0.2) is 0 Å². The highest BCUT2D eigenvalue weighted by atomic mass is 16.4. The third-order valence-electron chi connectivity index (χ3n) is 4.49. The molecule has 0 aliphatic heterocycles. The van der Waals surface area contributed by atoms with Crippen molar-refractivity contribution in [3.05, 3.63) is 0 Å². The number of aliphatic carboxylic acids is 1. The molecule has 0 spiro atoms. The van der Waals surface area contributed by atoms with Crippen LogP contribution in [-0.2, 0) is 4.79 Å². The minimum atomic E-state index is -0.710. The van der Waals surface area contributed by atoms with Crippen molar-refractivity contribution >= 4 is 5.97 Å². The normalized spacial score (nSPS) is 41.9. The second-order valence-corrected chi connectivity index (χ2v) is 5.92. The first kappa shape index (κ1) is 12.8. The van der Waals surface area contributed by atoms with Crippen molar-refractivity contribution in [3.8, 4) is 0 Å². The van der Waals surface area contributed by atoms with E-state index in [-0.39, 0.29) is 12.0 Å². The van der Waals surface area contributed by atoms with E-state index in [1.54, 1.807) is 0 Å². The number of hydrogen-bond acceptors (Lipinski definition) is 3. The van der Waals surface area contributed by atoms with E-state index >= 15 is 0 Å². The number of hydrogen-bond donors (Lipinski definition) is 3. The standard InChI is InChI=1S/C13H23NO3/c1-9-4-6-13(17,7-5-9)8-14-11-3-2-10(11)12(15)16/h9-11,14,17H,2-8H2,1H3,(H,15,16). The maximum absolute atomic E-state index is 10.9. The van der Waals surface area contributed by atoms with Gasteiger partial charge in [0.05, 0.1) is 11.5 Å². The van der Waals surface area contributed by atoms with Crippen molar-refractivity contribution in [1.29, 1.82) is 0 Å². The van der Waals surface area contributed by atoms with Gasteiger partial charge in [-0.15, -0.1) is 0 Å². The molecule has 4 nitrogen and oxygen atoms in total. The fourth-order valence-electron chi connectivity index (χ4n) is 2.84. The lowest BCUT2D eigenvalue weighted by Gasteiger charge is -2.40. The highest BCUT2D eigenvalue weighted by Crippen LogP contribution is 2.33. The second-order valence-electron chi connectivity index (χ2n) is 5.92. The van der Waals surface area contributed by atoms with Crippen LogP contribution in [0.1, 0.15) is 45.4 Å². The van der Waals surface area contributed by atoms with Crippen molar-refractivity contribution in [2.45, 2.75) is 57.1 Å². The van der Waals surface area contributed by atoms with Gasteiger partial charge in [-0.25, -0.2) is 0 Å². The summed E-state index contributed by atoms with van der Waals surface area (Å²) in [5.74, 6) is -0.245. The number of nitrogens with one attached hydrogen (secondary N) is 1. The summed E-state index contributed by atoms with van der Waals surface area (Å²) in [5.41, 5.74) is -0.606. The minimum absolute atomic E-state index is 0.0656. The molecular formula is C13H23NO3. The molecule has 0 amide bonds. The zero-order valence-corrected chi connectivity index (χ0v) is 10.5. The Labute approximate surface area is 102 Å². The second kappa shape index (κ2) is 4.94. The van der Waals surface area contributed by atoms with E-state index in [2.05, 4.69) is 12.2 Å². The van der Waals surface area contributed by atoms with E-state index in [0.29, 0.717) is 12.5 Å². The van der Waals surface area contributed by atoms with Crippen molar-refractivity contribution in [2.75, 3.05) is 6.54 Å². The van der Waals surface area contributed by atoms with Crippen molar-refractivity contribution < 1.29 is 15.0 Å². The van der Waals surface area contributed by atoms with Crippen LogP contribution in [0.5, 0.6) is 0 Å². The van der Waals surface area contributed by atoms with Gasteiger partial charge in [0.1, 0.15) is 0 Å². The van der Waals surface area contributed by atoms with Crippen LogP contribution in [-0.4, -0.2) is 34.4 Å². The van der Waals surface area contributed by atoms with Crippen molar-refractivity contribution in [1.82, 2.24) is 5.32 Å². The molecule has 98 valence electrons. The average Bonchev–Trinajstić information content (AvgIpc) is 2.21. The minimum Gasteiger partial charge on any atom is -0.481 e. The summed E-state index contributed by atoms with van der Waals surface area (Å²) in [7, 11) is 0. The Bertz CT molecular complexity index is 284. The van der Waals surface area contributed by atoms with Crippen molar-refractivity contribution in [3.63, 3.8) is 0 Å². The molecule has 2 rings (SSSR count).